The lowest BCUT2D eigenvalue weighted by Crippen LogP contribution is -2.32. The number of ether oxygens (including phenoxy) is 1. The second-order valence-electron chi connectivity index (χ2n) is 11.5. The maximum Gasteiger partial charge on any atom is 0.412 e. The molecule has 1 aliphatic heterocycles. The van der Waals surface area contributed by atoms with Crippen molar-refractivity contribution >= 4 is 29.3 Å². The van der Waals surface area contributed by atoms with Gasteiger partial charge in [-0.2, -0.15) is 5.26 Å². The molecule has 1 aromatic carbocycles. The minimum absolute atomic E-state index is 0.161. The van der Waals surface area contributed by atoms with Crippen molar-refractivity contribution < 1.29 is 14.3 Å². The molecule has 208 valence electrons. The van der Waals surface area contributed by atoms with Crippen LogP contribution >= 0.6 is 0 Å². The highest BCUT2D eigenvalue weighted by atomic mass is 16.6. The molecule has 5 rings (SSSR count). The molecule has 3 aromatic rings. The molecule has 1 unspecified atom stereocenters. The molecule has 2 fully saturated rings. The first-order chi connectivity index (χ1) is 19.1. The Balaban J connectivity index is 1.41. The van der Waals surface area contributed by atoms with Crippen LogP contribution in [-0.4, -0.2) is 50.6 Å². The molecule has 2 aromatic heterocycles. The Kier molecular flexibility index (Phi) is 7.19. The number of nitriles is 1. The number of amides is 3. The van der Waals surface area contributed by atoms with Gasteiger partial charge in [-0.25, -0.2) is 14.6 Å². The maximum atomic E-state index is 13.6. The second-order valence-corrected chi connectivity index (χ2v) is 11.5. The molecule has 0 spiro atoms. The number of carbonyl (C=O) groups excluding carboxylic acids is 2. The quantitative estimate of drug-likeness (QED) is 0.403. The van der Waals surface area contributed by atoms with Crippen molar-refractivity contribution in [2.45, 2.75) is 65.0 Å². The van der Waals surface area contributed by atoms with Crippen LogP contribution < -0.4 is 15.1 Å². The van der Waals surface area contributed by atoms with Crippen molar-refractivity contribution in [1.29, 1.82) is 5.26 Å². The predicted octanol–water partition coefficient (Wildman–Crippen LogP) is 5.73. The van der Waals surface area contributed by atoms with Crippen molar-refractivity contribution in [3.63, 3.8) is 0 Å². The van der Waals surface area contributed by atoms with Gasteiger partial charge in [0.25, 0.3) is 0 Å². The molecule has 1 saturated carbocycles. The van der Waals surface area contributed by atoms with E-state index in [0.29, 0.717) is 47.4 Å². The molecule has 40 heavy (non-hydrogen) atoms. The van der Waals surface area contributed by atoms with E-state index in [9.17, 15) is 14.9 Å². The van der Waals surface area contributed by atoms with E-state index in [1.165, 1.54) is 0 Å². The highest BCUT2D eigenvalue weighted by Crippen LogP contribution is 2.45. The topological polar surface area (TPSA) is 129 Å². The number of carbonyl (C=O) groups is 2. The summed E-state index contributed by atoms with van der Waals surface area (Å²) in [6, 6.07) is 13.2. The first-order valence-electron chi connectivity index (χ1n) is 13.5. The number of pyridine rings is 1. The van der Waals surface area contributed by atoms with Gasteiger partial charge in [0.05, 0.1) is 12.0 Å². The van der Waals surface area contributed by atoms with Gasteiger partial charge < -0.3 is 9.30 Å². The summed E-state index contributed by atoms with van der Waals surface area (Å²) in [7, 11) is 0. The molecular weight excluding hydrogens is 508 g/mol. The summed E-state index contributed by atoms with van der Waals surface area (Å²) < 4.78 is 7.37. The zero-order chi connectivity index (χ0) is 28.6. The van der Waals surface area contributed by atoms with Crippen molar-refractivity contribution in [2.24, 2.45) is 5.92 Å². The molecule has 2 aliphatic rings. The Morgan fingerprint density at radius 3 is 2.58 bits per heavy atom. The fraction of sp³-hybridized carbons (Fsp3) is 0.448. The summed E-state index contributed by atoms with van der Waals surface area (Å²) in [6.07, 6.45) is 3.00. The summed E-state index contributed by atoms with van der Waals surface area (Å²) in [6.45, 7) is 10.4. The average Bonchev–Trinajstić information content (AvgIpc) is 3.46. The van der Waals surface area contributed by atoms with E-state index in [-0.39, 0.29) is 18.0 Å². The van der Waals surface area contributed by atoms with Crippen LogP contribution in [0.25, 0.3) is 11.5 Å². The van der Waals surface area contributed by atoms with Crippen LogP contribution in [0.4, 0.5) is 26.8 Å². The van der Waals surface area contributed by atoms with Gasteiger partial charge in [-0.3, -0.25) is 15.1 Å². The highest BCUT2D eigenvalue weighted by Gasteiger charge is 2.36. The van der Waals surface area contributed by atoms with E-state index in [0.717, 1.165) is 12.8 Å². The van der Waals surface area contributed by atoms with E-state index in [2.05, 4.69) is 21.6 Å². The van der Waals surface area contributed by atoms with Crippen molar-refractivity contribution in [2.75, 3.05) is 28.2 Å². The van der Waals surface area contributed by atoms with Gasteiger partial charge in [0.2, 0.25) is 0 Å². The Morgan fingerprint density at radius 1 is 1.15 bits per heavy atom. The lowest BCUT2D eigenvalue weighted by molar-refractivity contribution is 0.0635. The van der Waals surface area contributed by atoms with Crippen molar-refractivity contribution in [1.82, 2.24) is 19.7 Å². The standard InChI is InChI=1S/C29H34N8O3/c1-18(2)37-17-31-34-26(37)24-7-6-8-25(32-24)36-14-13-35(28(36)39)20-11-12-23(33-27(38)40-29(3,4)5)21(15-20)22(16-30)19-9-10-19/h6-8,11-12,15,17-19,22H,9-10,13-14H2,1-5H3,(H,33,38). The van der Waals surface area contributed by atoms with Crippen LogP contribution in [0.15, 0.2) is 42.7 Å². The Hall–Kier alpha value is -4.46. The molecule has 1 atom stereocenters. The summed E-state index contributed by atoms with van der Waals surface area (Å²) >= 11 is 0. The second kappa shape index (κ2) is 10.6. The summed E-state index contributed by atoms with van der Waals surface area (Å²) in [5.74, 6) is 1.00. The van der Waals surface area contributed by atoms with Crippen LogP contribution in [0.2, 0.25) is 0 Å². The number of aromatic nitrogens is 4. The van der Waals surface area contributed by atoms with Gasteiger partial charge in [-0.15, -0.1) is 10.2 Å². The Bertz CT molecular complexity index is 1460. The molecule has 3 amide bonds. The van der Waals surface area contributed by atoms with Gasteiger partial charge >= 0.3 is 12.1 Å². The highest BCUT2D eigenvalue weighted by molar-refractivity contribution is 6.06. The van der Waals surface area contributed by atoms with E-state index in [1.54, 1.807) is 55.1 Å². The lowest BCUT2D eigenvalue weighted by atomic mass is 9.93. The van der Waals surface area contributed by atoms with Crippen LogP contribution in [0.1, 0.15) is 65.0 Å². The minimum atomic E-state index is -0.656. The molecule has 0 radical (unpaired) electrons. The van der Waals surface area contributed by atoms with Crippen molar-refractivity contribution in [3.8, 4) is 17.6 Å². The van der Waals surface area contributed by atoms with Gasteiger partial charge in [0, 0.05) is 30.5 Å². The molecular formula is C29H34N8O3. The largest absolute Gasteiger partial charge is 0.444 e. The fourth-order valence-corrected chi connectivity index (χ4v) is 4.85. The normalized spacial score (nSPS) is 16.3. The van der Waals surface area contributed by atoms with Gasteiger partial charge in [-0.05, 0) is 89.3 Å². The summed E-state index contributed by atoms with van der Waals surface area (Å²) in [5, 5.41) is 21.1. The third-order valence-corrected chi connectivity index (χ3v) is 6.93. The summed E-state index contributed by atoms with van der Waals surface area (Å²) in [5.41, 5.74) is 1.84. The average molecular weight is 543 g/mol. The SMILES string of the molecule is CC(C)n1cnnc1-c1cccc(N2CCN(c3ccc(NC(=O)OC(C)(C)C)c(C(C#N)C4CC4)c3)C2=O)n1. The minimum Gasteiger partial charge on any atom is -0.444 e. The molecule has 3 heterocycles. The monoisotopic (exact) mass is 542 g/mol. The summed E-state index contributed by atoms with van der Waals surface area (Å²) in [4.78, 5) is 34.2. The molecule has 11 heteroatoms. The first-order valence-corrected chi connectivity index (χ1v) is 13.5. The number of anilines is 3. The van der Waals surface area contributed by atoms with Gasteiger partial charge in [0.15, 0.2) is 5.82 Å². The van der Waals surface area contributed by atoms with E-state index >= 15 is 0 Å². The Morgan fingerprint density at radius 2 is 1.90 bits per heavy atom. The molecule has 0 bridgehead atoms. The van der Waals surface area contributed by atoms with Crippen LogP contribution in [0, 0.1) is 17.2 Å². The van der Waals surface area contributed by atoms with Gasteiger partial charge in [-0.1, -0.05) is 6.07 Å². The van der Waals surface area contributed by atoms with Crippen LogP contribution in [0.5, 0.6) is 0 Å². The van der Waals surface area contributed by atoms with Gasteiger partial charge in [0.1, 0.15) is 23.4 Å². The van der Waals surface area contributed by atoms with E-state index in [1.807, 2.05) is 36.6 Å². The molecule has 1 aliphatic carbocycles. The Labute approximate surface area is 233 Å². The smallest absolute Gasteiger partial charge is 0.412 e. The fourth-order valence-electron chi connectivity index (χ4n) is 4.85. The number of urea groups is 1. The number of nitrogens with one attached hydrogen (secondary N) is 1. The number of hydrogen-bond donors (Lipinski definition) is 1. The third-order valence-electron chi connectivity index (χ3n) is 6.93. The molecule has 1 N–H and O–H groups in total. The maximum absolute atomic E-state index is 13.6. The number of hydrogen-bond acceptors (Lipinski definition) is 7. The molecule has 1 saturated heterocycles. The molecule has 11 nitrogen and oxygen atoms in total. The zero-order valence-electron chi connectivity index (χ0n) is 23.5. The lowest BCUT2D eigenvalue weighted by Gasteiger charge is -2.23. The van der Waals surface area contributed by atoms with E-state index < -0.39 is 17.6 Å². The predicted molar refractivity (Wildman–Crippen MR) is 151 cm³/mol. The number of benzene rings is 1. The zero-order valence-corrected chi connectivity index (χ0v) is 23.5. The number of nitrogens with zero attached hydrogens (tertiary/aromatic N) is 7. The van der Waals surface area contributed by atoms with Crippen molar-refractivity contribution in [3.05, 3.63) is 48.3 Å². The van der Waals surface area contributed by atoms with Crippen LogP contribution in [0.3, 0.4) is 0 Å². The van der Waals surface area contributed by atoms with Crippen LogP contribution in [-0.2, 0) is 4.74 Å². The number of rotatable bonds is 7. The van der Waals surface area contributed by atoms with E-state index in [4.69, 9.17) is 9.72 Å². The third kappa shape index (κ3) is 5.61. The first kappa shape index (κ1) is 27.1.